The summed E-state index contributed by atoms with van der Waals surface area (Å²) in [6.45, 7) is 3.78. The standard InChI is InChI=1S/C19H21NO2/c1-13-5-3-8-17(11-13)20-19(21)14(2)22-18-10-9-15-6-4-7-16(15)12-18/h3,5,8-12,14H,4,6-7H2,1-2H3,(H,20,21)/t14-/m1/s1. The van der Waals surface area contributed by atoms with Crippen LogP contribution in [0.4, 0.5) is 5.69 Å². The van der Waals surface area contributed by atoms with Crippen LogP contribution in [0.2, 0.25) is 0 Å². The van der Waals surface area contributed by atoms with Crippen LogP contribution in [-0.4, -0.2) is 12.0 Å². The molecule has 3 heteroatoms. The molecule has 0 spiro atoms. The second-order valence-electron chi connectivity index (χ2n) is 5.90. The molecule has 0 aliphatic heterocycles. The van der Waals surface area contributed by atoms with Gasteiger partial charge in [0, 0.05) is 5.69 Å². The molecular weight excluding hydrogens is 274 g/mol. The van der Waals surface area contributed by atoms with Crippen molar-refractivity contribution < 1.29 is 9.53 Å². The van der Waals surface area contributed by atoms with Gasteiger partial charge in [-0.25, -0.2) is 0 Å². The van der Waals surface area contributed by atoms with Gasteiger partial charge >= 0.3 is 0 Å². The second-order valence-corrected chi connectivity index (χ2v) is 5.90. The molecule has 1 atom stereocenters. The monoisotopic (exact) mass is 295 g/mol. The molecule has 3 nitrogen and oxygen atoms in total. The minimum Gasteiger partial charge on any atom is -0.481 e. The van der Waals surface area contributed by atoms with E-state index in [1.807, 2.05) is 37.3 Å². The number of carbonyl (C=O) groups excluding carboxylic acids is 1. The largest absolute Gasteiger partial charge is 0.481 e. The van der Waals surface area contributed by atoms with Gasteiger partial charge in [-0.2, -0.15) is 0 Å². The lowest BCUT2D eigenvalue weighted by Gasteiger charge is -2.15. The topological polar surface area (TPSA) is 38.3 Å². The van der Waals surface area contributed by atoms with E-state index in [1.165, 1.54) is 17.5 Å². The first-order chi connectivity index (χ1) is 10.6. The summed E-state index contributed by atoms with van der Waals surface area (Å²) in [4.78, 5) is 12.2. The number of benzene rings is 2. The lowest BCUT2D eigenvalue weighted by molar-refractivity contribution is -0.122. The fourth-order valence-electron chi connectivity index (χ4n) is 2.85. The summed E-state index contributed by atoms with van der Waals surface area (Å²) in [5.41, 5.74) is 4.67. The SMILES string of the molecule is Cc1cccc(NC(=O)[C@@H](C)Oc2ccc3c(c2)CCC3)c1. The molecule has 1 aliphatic rings. The molecule has 0 fully saturated rings. The third kappa shape index (κ3) is 3.30. The predicted molar refractivity (Wildman–Crippen MR) is 88.4 cm³/mol. The molecule has 0 saturated carbocycles. The third-order valence-corrected chi connectivity index (χ3v) is 4.04. The summed E-state index contributed by atoms with van der Waals surface area (Å²) in [7, 11) is 0. The molecule has 2 aromatic rings. The zero-order valence-corrected chi connectivity index (χ0v) is 13.1. The molecule has 0 heterocycles. The van der Waals surface area contributed by atoms with Crippen LogP contribution in [0.3, 0.4) is 0 Å². The summed E-state index contributed by atoms with van der Waals surface area (Å²) in [5, 5.41) is 2.89. The summed E-state index contributed by atoms with van der Waals surface area (Å²) >= 11 is 0. The van der Waals surface area contributed by atoms with E-state index >= 15 is 0 Å². The van der Waals surface area contributed by atoms with Crippen LogP contribution in [0.1, 0.15) is 30.0 Å². The lowest BCUT2D eigenvalue weighted by atomic mass is 10.1. The van der Waals surface area contributed by atoms with Gasteiger partial charge in [-0.1, -0.05) is 18.2 Å². The maximum absolute atomic E-state index is 12.2. The van der Waals surface area contributed by atoms with Gasteiger partial charge in [0.05, 0.1) is 0 Å². The maximum Gasteiger partial charge on any atom is 0.265 e. The molecule has 0 bridgehead atoms. The molecule has 1 aliphatic carbocycles. The summed E-state index contributed by atoms with van der Waals surface area (Å²) < 4.78 is 5.79. The minimum absolute atomic E-state index is 0.133. The number of carbonyl (C=O) groups is 1. The van der Waals surface area contributed by atoms with Gasteiger partial charge in [-0.05, 0) is 74.1 Å². The summed E-state index contributed by atoms with van der Waals surface area (Å²) in [6, 6.07) is 13.9. The van der Waals surface area contributed by atoms with Gasteiger partial charge < -0.3 is 10.1 Å². The van der Waals surface area contributed by atoms with E-state index in [0.717, 1.165) is 29.8 Å². The maximum atomic E-state index is 12.2. The number of ether oxygens (including phenoxy) is 1. The van der Waals surface area contributed by atoms with Crippen LogP contribution < -0.4 is 10.1 Å². The fourth-order valence-corrected chi connectivity index (χ4v) is 2.85. The molecule has 0 aromatic heterocycles. The van der Waals surface area contributed by atoms with Crippen LogP contribution in [-0.2, 0) is 17.6 Å². The van der Waals surface area contributed by atoms with Crippen molar-refractivity contribution in [3.05, 3.63) is 59.2 Å². The molecule has 2 aromatic carbocycles. The van der Waals surface area contributed by atoms with Crippen molar-refractivity contribution in [3.8, 4) is 5.75 Å². The van der Waals surface area contributed by atoms with E-state index in [0.29, 0.717) is 0 Å². The molecule has 114 valence electrons. The van der Waals surface area contributed by atoms with E-state index in [9.17, 15) is 4.79 Å². The number of rotatable bonds is 4. The Morgan fingerprint density at radius 3 is 2.77 bits per heavy atom. The van der Waals surface area contributed by atoms with Crippen LogP contribution in [0, 0.1) is 6.92 Å². The first-order valence-electron chi connectivity index (χ1n) is 7.78. The van der Waals surface area contributed by atoms with Crippen LogP contribution in [0.5, 0.6) is 5.75 Å². The van der Waals surface area contributed by atoms with E-state index in [1.54, 1.807) is 6.92 Å². The van der Waals surface area contributed by atoms with Gasteiger partial charge in [0.1, 0.15) is 5.75 Å². The number of hydrogen-bond donors (Lipinski definition) is 1. The average Bonchev–Trinajstić information content (AvgIpc) is 2.94. The lowest BCUT2D eigenvalue weighted by Crippen LogP contribution is -2.30. The van der Waals surface area contributed by atoms with Gasteiger partial charge in [-0.15, -0.1) is 0 Å². The fraction of sp³-hybridized carbons (Fsp3) is 0.316. The van der Waals surface area contributed by atoms with Crippen LogP contribution >= 0.6 is 0 Å². The highest BCUT2D eigenvalue weighted by molar-refractivity contribution is 5.94. The van der Waals surface area contributed by atoms with Crippen LogP contribution in [0.15, 0.2) is 42.5 Å². The Morgan fingerprint density at radius 1 is 1.14 bits per heavy atom. The molecule has 0 unspecified atom stereocenters. The summed E-state index contributed by atoms with van der Waals surface area (Å²) in [5.74, 6) is 0.638. The van der Waals surface area contributed by atoms with Gasteiger partial charge in [0.25, 0.3) is 5.91 Å². The zero-order chi connectivity index (χ0) is 15.5. The molecule has 0 radical (unpaired) electrons. The van der Waals surface area contributed by atoms with Crippen molar-refractivity contribution in [2.45, 2.75) is 39.2 Å². The highest BCUT2D eigenvalue weighted by atomic mass is 16.5. The number of aryl methyl sites for hydroxylation is 3. The van der Waals surface area contributed by atoms with E-state index in [2.05, 4.69) is 17.4 Å². The van der Waals surface area contributed by atoms with Crippen molar-refractivity contribution in [2.75, 3.05) is 5.32 Å². The molecule has 0 saturated heterocycles. The first-order valence-corrected chi connectivity index (χ1v) is 7.78. The van der Waals surface area contributed by atoms with Crippen molar-refractivity contribution in [2.24, 2.45) is 0 Å². The molecule has 1 amide bonds. The smallest absolute Gasteiger partial charge is 0.265 e. The average molecular weight is 295 g/mol. The Morgan fingerprint density at radius 2 is 1.95 bits per heavy atom. The Labute approximate surface area is 131 Å². The van der Waals surface area contributed by atoms with Gasteiger partial charge in [-0.3, -0.25) is 4.79 Å². The first kappa shape index (κ1) is 14.6. The Kier molecular flexibility index (Phi) is 4.14. The van der Waals surface area contributed by atoms with E-state index in [4.69, 9.17) is 4.74 Å². The quantitative estimate of drug-likeness (QED) is 0.929. The molecular formula is C19H21NO2. The second kappa shape index (κ2) is 6.22. The van der Waals surface area contributed by atoms with Crippen molar-refractivity contribution >= 4 is 11.6 Å². The highest BCUT2D eigenvalue weighted by Gasteiger charge is 2.17. The zero-order valence-electron chi connectivity index (χ0n) is 13.1. The number of nitrogens with one attached hydrogen (secondary N) is 1. The highest BCUT2D eigenvalue weighted by Crippen LogP contribution is 2.26. The number of amides is 1. The Bertz CT molecular complexity index is 694. The van der Waals surface area contributed by atoms with Crippen molar-refractivity contribution in [1.29, 1.82) is 0 Å². The normalized spacial score (nSPS) is 14.3. The van der Waals surface area contributed by atoms with Crippen molar-refractivity contribution in [3.63, 3.8) is 0 Å². The summed E-state index contributed by atoms with van der Waals surface area (Å²) in [6.07, 6.45) is 2.94. The van der Waals surface area contributed by atoms with Gasteiger partial charge in [0.15, 0.2) is 6.10 Å². The molecule has 3 rings (SSSR count). The molecule has 1 N–H and O–H groups in total. The Hall–Kier alpha value is -2.29. The van der Waals surface area contributed by atoms with Crippen LogP contribution in [0.25, 0.3) is 0 Å². The number of fused-ring (bicyclic) bond motifs is 1. The van der Waals surface area contributed by atoms with E-state index < -0.39 is 6.10 Å². The molecule has 22 heavy (non-hydrogen) atoms. The minimum atomic E-state index is -0.528. The number of anilines is 1. The Balaban J connectivity index is 1.63. The van der Waals surface area contributed by atoms with Gasteiger partial charge in [0.2, 0.25) is 0 Å². The van der Waals surface area contributed by atoms with E-state index in [-0.39, 0.29) is 5.91 Å². The number of hydrogen-bond acceptors (Lipinski definition) is 2. The van der Waals surface area contributed by atoms with Crippen molar-refractivity contribution in [1.82, 2.24) is 0 Å². The third-order valence-electron chi connectivity index (χ3n) is 4.04. The predicted octanol–water partition coefficient (Wildman–Crippen LogP) is 3.89.